The number of amides is 1. The van der Waals surface area contributed by atoms with Crippen LogP contribution >= 0.6 is 11.3 Å². The van der Waals surface area contributed by atoms with Gasteiger partial charge in [0.2, 0.25) is 0 Å². The molecular weight excluding hydrogens is 298 g/mol. The van der Waals surface area contributed by atoms with Crippen molar-refractivity contribution in [3.63, 3.8) is 0 Å². The van der Waals surface area contributed by atoms with Crippen LogP contribution in [0.5, 0.6) is 0 Å². The minimum atomic E-state index is -0.0187. The molecule has 1 aromatic carbocycles. The minimum Gasteiger partial charge on any atom is -0.333 e. The molecule has 110 valence electrons. The normalized spacial score (nSPS) is 14.8. The zero-order valence-corrected chi connectivity index (χ0v) is 12.5. The fourth-order valence-corrected chi connectivity index (χ4v) is 3.25. The van der Waals surface area contributed by atoms with Crippen molar-refractivity contribution in [2.24, 2.45) is 0 Å². The monoisotopic (exact) mass is 311 g/mol. The Morgan fingerprint density at radius 2 is 2.05 bits per heavy atom. The first kappa shape index (κ1) is 13.1. The highest BCUT2D eigenvalue weighted by Crippen LogP contribution is 2.26. The average Bonchev–Trinajstić information content (AvgIpc) is 3.18. The molecule has 1 saturated heterocycles. The van der Waals surface area contributed by atoms with Crippen molar-refractivity contribution in [2.75, 3.05) is 13.1 Å². The summed E-state index contributed by atoms with van der Waals surface area (Å²) in [5.41, 5.74) is 1.55. The molecule has 2 aromatic heterocycles. The van der Waals surface area contributed by atoms with E-state index in [2.05, 4.69) is 15.3 Å². The van der Waals surface area contributed by atoms with Crippen LogP contribution in [0.1, 0.15) is 16.5 Å². The van der Waals surface area contributed by atoms with E-state index in [9.17, 15) is 4.79 Å². The molecule has 0 aliphatic carbocycles. The maximum atomic E-state index is 12.4. The van der Waals surface area contributed by atoms with Crippen LogP contribution in [0.3, 0.4) is 0 Å². The lowest BCUT2D eigenvalue weighted by Gasteiger charge is -2.38. The van der Waals surface area contributed by atoms with Crippen LogP contribution < -0.4 is 0 Å². The summed E-state index contributed by atoms with van der Waals surface area (Å²) in [5.74, 6) is -0.0187. The molecule has 0 atom stereocenters. The van der Waals surface area contributed by atoms with E-state index in [-0.39, 0.29) is 11.9 Å². The van der Waals surface area contributed by atoms with Gasteiger partial charge in [-0.15, -0.1) is 16.4 Å². The molecule has 6 nitrogen and oxygen atoms in total. The third-order valence-corrected chi connectivity index (χ3v) is 4.60. The summed E-state index contributed by atoms with van der Waals surface area (Å²) in [4.78, 5) is 18.7. The largest absolute Gasteiger partial charge is 0.333 e. The van der Waals surface area contributed by atoms with E-state index in [1.165, 1.54) is 11.3 Å². The summed E-state index contributed by atoms with van der Waals surface area (Å²) in [6.45, 7) is 1.31. The Labute approximate surface area is 131 Å². The van der Waals surface area contributed by atoms with Gasteiger partial charge in [-0.3, -0.25) is 4.79 Å². The lowest BCUT2D eigenvalue weighted by atomic mass is 10.1. The zero-order chi connectivity index (χ0) is 14.9. The number of carbonyl (C=O) groups is 1. The molecule has 7 heteroatoms. The molecule has 0 radical (unpaired) electrons. The fraction of sp³-hybridized carbons (Fsp3) is 0.200. The minimum absolute atomic E-state index is 0.0187. The van der Waals surface area contributed by atoms with Crippen molar-refractivity contribution in [2.45, 2.75) is 6.04 Å². The number of hydrogen-bond acceptors (Lipinski definition) is 5. The molecule has 1 fully saturated rings. The molecule has 3 heterocycles. The number of likely N-dealkylation sites (tertiary alicyclic amines) is 1. The van der Waals surface area contributed by atoms with Gasteiger partial charge < -0.3 is 4.90 Å². The standard InChI is InChI=1S/C15H13N5OS/c21-15(19-8-12(9-19)20-7-6-16-18-20)13-10-22-14(17-13)11-4-2-1-3-5-11/h1-7,10,12H,8-9H2. The summed E-state index contributed by atoms with van der Waals surface area (Å²) in [6.07, 6.45) is 3.47. The summed E-state index contributed by atoms with van der Waals surface area (Å²) < 4.78 is 1.79. The Morgan fingerprint density at radius 3 is 2.77 bits per heavy atom. The zero-order valence-electron chi connectivity index (χ0n) is 11.7. The molecular formula is C15H13N5OS. The van der Waals surface area contributed by atoms with Crippen LogP contribution in [0, 0.1) is 0 Å². The molecule has 1 aliphatic rings. The maximum absolute atomic E-state index is 12.4. The Morgan fingerprint density at radius 1 is 1.23 bits per heavy atom. The van der Waals surface area contributed by atoms with Gasteiger partial charge >= 0.3 is 0 Å². The molecule has 0 saturated carbocycles. The number of carbonyl (C=O) groups excluding carboxylic acids is 1. The van der Waals surface area contributed by atoms with E-state index < -0.39 is 0 Å². The SMILES string of the molecule is O=C(c1csc(-c2ccccc2)n1)N1CC(n2ccnn2)C1. The van der Waals surface area contributed by atoms with Crippen molar-refractivity contribution in [3.8, 4) is 10.6 Å². The van der Waals surface area contributed by atoms with Crippen LogP contribution in [0.4, 0.5) is 0 Å². The lowest BCUT2D eigenvalue weighted by Crippen LogP contribution is -2.51. The smallest absolute Gasteiger partial charge is 0.273 e. The summed E-state index contributed by atoms with van der Waals surface area (Å²) in [6, 6.07) is 10.1. The third kappa shape index (κ3) is 2.29. The molecule has 4 rings (SSSR count). The molecule has 22 heavy (non-hydrogen) atoms. The number of nitrogens with zero attached hydrogens (tertiary/aromatic N) is 5. The summed E-state index contributed by atoms with van der Waals surface area (Å²) in [7, 11) is 0. The van der Waals surface area contributed by atoms with E-state index in [1.54, 1.807) is 15.8 Å². The van der Waals surface area contributed by atoms with Crippen molar-refractivity contribution in [1.29, 1.82) is 0 Å². The van der Waals surface area contributed by atoms with Gasteiger partial charge in [0.05, 0.1) is 12.2 Å². The van der Waals surface area contributed by atoms with Gasteiger partial charge in [-0.1, -0.05) is 35.5 Å². The van der Waals surface area contributed by atoms with Gasteiger partial charge in [0.25, 0.3) is 5.91 Å². The van der Waals surface area contributed by atoms with Crippen LogP contribution in [-0.4, -0.2) is 43.9 Å². The number of hydrogen-bond donors (Lipinski definition) is 0. The number of rotatable bonds is 3. The first-order valence-electron chi connectivity index (χ1n) is 6.97. The highest BCUT2D eigenvalue weighted by atomic mass is 32.1. The average molecular weight is 311 g/mol. The highest BCUT2D eigenvalue weighted by Gasteiger charge is 2.33. The van der Waals surface area contributed by atoms with Gasteiger partial charge in [0.15, 0.2) is 0 Å². The molecule has 0 bridgehead atoms. The predicted molar refractivity (Wildman–Crippen MR) is 82.5 cm³/mol. The van der Waals surface area contributed by atoms with Crippen molar-refractivity contribution >= 4 is 17.2 Å². The second-order valence-corrected chi connectivity index (χ2v) is 6.01. The number of aromatic nitrogens is 4. The van der Waals surface area contributed by atoms with Crippen LogP contribution in [0.2, 0.25) is 0 Å². The molecule has 1 aliphatic heterocycles. The van der Waals surface area contributed by atoms with Crippen LogP contribution in [-0.2, 0) is 0 Å². The van der Waals surface area contributed by atoms with Crippen LogP contribution in [0.15, 0.2) is 48.1 Å². The van der Waals surface area contributed by atoms with Gasteiger partial charge in [0, 0.05) is 30.2 Å². The van der Waals surface area contributed by atoms with E-state index in [1.807, 2.05) is 41.9 Å². The fourth-order valence-electron chi connectivity index (χ4n) is 2.45. The maximum Gasteiger partial charge on any atom is 0.273 e. The first-order chi connectivity index (χ1) is 10.8. The van der Waals surface area contributed by atoms with Gasteiger partial charge in [-0.05, 0) is 0 Å². The Balaban J connectivity index is 1.45. The van der Waals surface area contributed by atoms with E-state index in [0.717, 1.165) is 10.6 Å². The molecule has 3 aromatic rings. The van der Waals surface area contributed by atoms with Gasteiger partial charge in [-0.25, -0.2) is 9.67 Å². The Hall–Kier alpha value is -2.54. The highest BCUT2D eigenvalue weighted by molar-refractivity contribution is 7.13. The number of thiazole rings is 1. The molecule has 1 amide bonds. The summed E-state index contributed by atoms with van der Waals surface area (Å²) >= 11 is 1.50. The van der Waals surface area contributed by atoms with E-state index >= 15 is 0 Å². The quantitative estimate of drug-likeness (QED) is 0.743. The second kappa shape index (κ2) is 5.34. The van der Waals surface area contributed by atoms with Crippen molar-refractivity contribution < 1.29 is 4.79 Å². The second-order valence-electron chi connectivity index (χ2n) is 5.15. The molecule has 0 spiro atoms. The van der Waals surface area contributed by atoms with Crippen molar-refractivity contribution in [3.05, 3.63) is 53.8 Å². The number of benzene rings is 1. The van der Waals surface area contributed by atoms with E-state index in [0.29, 0.717) is 18.8 Å². The molecule has 0 N–H and O–H groups in total. The lowest BCUT2D eigenvalue weighted by molar-refractivity contribution is 0.0493. The first-order valence-corrected chi connectivity index (χ1v) is 7.85. The third-order valence-electron chi connectivity index (χ3n) is 3.71. The predicted octanol–water partition coefficient (Wildman–Crippen LogP) is 2.10. The Bertz CT molecular complexity index is 777. The van der Waals surface area contributed by atoms with Gasteiger partial charge in [-0.2, -0.15) is 0 Å². The Kier molecular flexibility index (Phi) is 3.19. The van der Waals surface area contributed by atoms with Crippen LogP contribution in [0.25, 0.3) is 10.6 Å². The van der Waals surface area contributed by atoms with Gasteiger partial charge in [0.1, 0.15) is 10.7 Å². The summed E-state index contributed by atoms with van der Waals surface area (Å²) in [5, 5.41) is 10.5. The topological polar surface area (TPSA) is 63.9 Å². The molecule has 0 unspecified atom stereocenters. The van der Waals surface area contributed by atoms with Crippen molar-refractivity contribution in [1.82, 2.24) is 24.9 Å². The van der Waals surface area contributed by atoms with E-state index in [4.69, 9.17) is 0 Å².